The Labute approximate surface area is 113 Å². The van der Waals surface area contributed by atoms with E-state index in [9.17, 15) is 30.3 Å². The third kappa shape index (κ3) is 2.68. The number of phenols is 1. The first-order valence-corrected chi connectivity index (χ1v) is 5.77. The monoisotopic (exact) mass is 285 g/mol. The highest BCUT2D eigenvalue weighted by atomic mass is 16.7. The number of phenolic OH excluding ortho intramolecular Hbond substituents is 1. The molecule has 1 heterocycles. The Bertz CT molecular complexity index is 490. The van der Waals surface area contributed by atoms with E-state index in [-0.39, 0.29) is 11.5 Å². The zero-order valence-corrected chi connectivity index (χ0v) is 10.1. The molecule has 0 aromatic heterocycles. The van der Waals surface area contributed by atoms with Crippen molar-refractivity contribution in [3.8, 4) is 11.5 Å². The van der Waals surface area contributed by atoms with Gasteiger partial charge in [-0.25, -0.2) is 0 Å². The summed E-state index contributed by atoms with van der Waals surface area (Å²) in [7, 11) is 0. The van der Waals surface area contributed by atoms with Gasteiger partial charge in [0.25, 0.3) is 0 Å². The van der Waals surface area contributed by atoms with Gasteiger partial charge in [-0.05, 0) is 12.1 Å². The van der Waals surface area contributed by atoms with Crippen molar-refractivity contribution in [1.29, 1.82) is 0 Å². The Morgan fingerprint density at radius 2 is 1.80 bits per heavy atom. The maximum Gasteiger partial charge on any atom is 0.229 e. The van der Waals surface area contributed by atoms with Crippen molar-refractivity contribution in [3.05, 3.63) is 24.3 Å². The van der Waals surface area contributed by atoms with Gasteiger partial charge in [0.2, 0.25) is 6.29 Å². The number of benzene rings is 1. The summed E-state index contributed by atoms with van der Waals surface area (Å²) >= 11 is 0. The van der Waals surface area contributed by atoms with Crippen molar-refractivity contribution in [2.75, 3.05) is 0 Å². The molecule has 5 atom stereocenters. The van der Waals surface area contributed by atoms with E-state index in [2.05, 4.69) is 0 Å². The van der Waals surface area contributed by atoms with Crippen LogP contribution in [-0.4, -0.2) is 57.1 Å². The number of carboxylic acid groups (broad SMARTS) is 1. The summed E-state index contributed by atoms with van der Waals surface area (Å²) in [5, 5.41) is 49.0. The molecule has 8 heteroatoms. The number of rotatable bonds is 3. The summed E-state index contributed by atoms with van der Waals surface area (Å²) in [6, 6.07) is 5.73. The van der Waals surface area contributed by atoms with Crippen LogP contribution >= 0.6 is 0 Å². The molecule has 1 aliphatic rings. The van der Waals surface area contributed by atoms with Crippen LogP contribution in [0, 0.1) is 0 Å². The molecule has 0 amide bonds. The molecule has 1 saturated heterocycles. The quantitative estimate of drug-likeness (QED) is 0.471. The summed E-state index contributed by atoms with van der Waals surface area (Å²) in [6.45, 7) is 0. The lowest BCUT2D eigenvalue weighted by Gasteiger charge is -2.40. The Kier molecular flexibility index (Phi) is 4.09. The third-order valence-electron chi connectivity index (χ3n) is 2.91. The molecule has 1 aromatic carbocycles. The average Bonchev–Trinajstić information content (AvgIpc) is 2.41. The predicted octanol–water partition coefficient (Wildman–Crippen LogP) is -2.67. The number of aromatic hydroxyl groups is 1. The molecule has 8 nitrogen and oxygen atoms in total. The van der Waals surface area contributed by atoms with E-state index < -0.39 is 36.7 Å². The normalized spacial score (nSPS) is 33.6. The smallest absolute Gasteiger partial charge is 0.229 e. The lowest BCUT2D eigenvalue weighted by atomic mass is 9.99. The van der Waals surface area contributed by atoms with Gasteiger partial charge in [0.15, 0.2) is 11.5 Å². The number of aliphatic hydroxyl groups is 3. The highest BCUT2D eigenvalue weighted by molar-refractivity contribution is 5.71. The second-order valence-electron chi connectivity index (χ2n) is 4.30. The number of aliphatic carboxylic acids is 1. The van der Waals surface area contributed by atoms with Gasteiger partial charge < -0.3 is 39.8 Å². The number of hydrogen-bond donors (Lipinski definition) is 4. The van der Waals surface area contributed by atoms with Crippen LogP contribution < -0.4 is 9.84 Å². The summed E-state index contributed by atoms with van der Waals surface area (Å²) in [5.74, 6) is -2.08. The Morgan fingerprint density at radius 1 is 1.15 bits per heavy atom. The van der Waals surface area contributed by atoms with Gasteiger partial charge in [-0.15, -0.1) is 0 Å². The zero-order valence-electron chi connectivity index (χ0n) is 10.1. The maximum atomic E-state index is 10.8. The molecule has 2 rings (SSSR count). The van der Waals surface area contributed by atoms with Crippen LogP contribution in [0.3, 0.4) is 0 Å². The highest BCUT2D eigenvalue weighted by Crippen LogP contribution is 2.29. The van der Waals surface area contributed by atoms with Crippen LogP contribution in [0.15, 0.2) is 24.3 Å². The number of hydrogen-bond acceptors (Lipinski definition) is 8. The number of carbonyl (C=O) groups is 1. The zero-order chi connectivity index (χ0) is 14.9. The molecule has 0 spiro atoms. The molecular formula is C12H13O8-. The minimum Gasteiger partial charge on any atom is -0.547 e. The minimum atomic E-state index is -1.86. The van der Waals surface area contributed by atoms with E-state index in [4.69, 9.17) is 9.47 Å². The topological polar surface area (TPSA) is 140 Å². The van der Waals surface area contributed by atoms with Crippen LogP contribution in [0.25, 0.3) is 0 Å². The van der Waals surface area contributed by atoms with Crippen molar-refractivity contribution < 1.29 is 39.8 Å². The summed E-state index contributed by atoms with van der Waals surface area (Å²) in [6.07, 6.45) is -8.77. The number of ether oxygens (including phenoxy) is 2. The van der Waals surface area contributed by atoms with Gasteiger partial charge in [-0.3, -0.25) is 0 Å². The first kappa shape index (κ1) is 14.5. The van der Waals surface area contributed by atoms with Crippen LogP contribution in [0.2, 0.25) is 0 Å². The molecule has 1 fully saturated rings. The molecule has 0 bridgehead atoms. The summed E-state index contributed by atoms with van der Waals surface area (Å²) in [4.78, 5) is 10.8. The van der Waals surface area contributed by atoms with E-state index in [1.54, 1.807) is 0 Å². The molecule has 0 radical (unpaired) electrons. The molecule has 0 saturated carbocycles. The minimum absolute atomic E-state index is 0.0720. The van der Waals surface area contributed by atoms with Gasteiger partial charge >= 0.3 is 0 Å². The van der Waals surface area contributed by atoms with Gasteiger partial charge in [-0.2, -0.15) is 0 Å². The molecule has 20 heavy (non-hydrogen) atoms. The Hall–Kier alpha value is -1.87. The van der Waals surface area contributed by atoms with E-state index in [1.807, 2.05) is 0 Å². The van der Waals surface area contributed by atoms with Crippen molar-refractivity contribution >= 4 is 5.97 Å². The van der Waals surface area contributed by atoms with Crippen molar-refractivity contribution in [3.63, 3.8) is 0 Å². The van der Waals surface area contributed by atoms with Crippen molar-refractivity contribution in [2.45, 2.75) is 30.7 Å². The van der Waals surface area contributed by atoms with Gasteiger partial charge in [0.05, 0.1) is 5.97 Å². The molecule has 4 N–H and O–H groups in total. The maximum absolute atomic E-state index is 10.8. The molecule has 1 aromatic rings. The SMILES string of the molecule is O=C([O-])[C@H]1O[C@@H](Oc2ccccc2O)[C@H](O)[C@@H](O)[C@@H]1O. The first-order valence-electron chi connectivity index (χ1n) is 5.77. The molecule has 110 valence electrons. The van der Waals surface area contributed by atoms with Crippen LogP contribution in [0.1, 0.15) is 0 Å². The Balaban J connectivity index is 2.18. The number of carboxylic acids is 1. The fourth-order valence-electron chi connectivity index (χ4n) is 1.82. The molecule has 1 aliphatic heterocycles. The van der Waals surface area contributed by atoms with Gasteiger partial charge in [0.1, 0.15) is 24.4 Å². The number of para-hydroxylation sites is 2. The number of carbonyl (C=O) groups excluding carboxylic acids is 1. The van der Waals surface area contributed by atoms with E-state index in [1.165, 1.54) is 24.3 Å². The second-order valence-corrected chi connectivity index (χ2v) is 4.30. The largest absolute Gasteiger partial charge is 0.547 e. The fraction of sp³-hybridized carbons (Fsp3) is 0.417. The van der Waals surface area contributed by atoms with E-state index >= 15 is 0 Å². The second kappa shape index (κ2) is 5.63. The van der Waals surface area contributed by atoms with E-state index in [0.29, 0.717) is 0 Å². The fourth-order valence-corrected chi connectivity index (χ4v) is 1.82. The third-order valence-corrected chi connectivity index (χ3v) is 2.91. The summed E-state index contributed by atoms with van der Waals surface area (Å²) < 4.78 is 9.96. The lowest BCUT2D eigenvalue weighted by Crippen LogP contribution is -2.63. The average molecular weight is 285 g/mol. The van der Waals surface area contributed by atoms with Crippen molar-refractivity contribution in [1.82, 2.24) is 0 Å². The number of aliphatic hydroxyl groups excluding tert-OH is 3. The van der Waals surface area contributed by atoms with E-state index in [0.717, 1.165) is 0 Å². The summed E-state index contributed by atoms with van der Waals surface area (Å²) in [5.41, 5.74) is 0. The van der Waals surface area contributed by atoms with Crippen molar-refractivity contribution in [2.24, 2.45) is 0 Å². The highest BCUT2D eigenvalue weighted by Gasteiger charge is 2.45. The van der Waals surface area contributed by atoms with Gasteiger partial charge in [-0.1, -0.05) is 12.1 Å². The molecule has 0 unspecified atom stereocenters. The van der Waals surface area contributed by atoms with Crippen LogP contribution in [-0.2, 0) is 9.53 Å². The molecular weight excluding hydrogens is 272 g/mol. The van der Waals surface area contributed by atoms with Crippen LogP contribution in [0.4, 0.5) is 0 Å². The van der Waals surface area contributed by atoms with Crippen LogP contribution in [0.5, 0.6) is 11.5 Å². The van der Waals surface area contributed by atoms with Gasteiger partial charge in [0, 0.05) is 0 Å². The first-order chi connectivity index (χ1) is 9.41. The standard InChI is InChI=1S/C12H14O8/c13-5-3-1-2-4-6(5)19-12-9(16)7(14)8(15)10(20-12)11(17)18/h1-4,7-10,12-16H,(H,17,18)/p-1/t7-,8-,9+,10-,12+/m0/s1. The predicted molar refractivity (Wildman–Crippen MR) is 60.4 cm³/mol. The Morgan fingerprint density at radius 3 is 2.40 bits per heavy atom. The molecule has 0 aliphatic carbocycles. The lowest BCUT2D eigenvalue weighted by molar-refractivity contribution is -0.342.